The summed E-state index contributed by atoms with van der Waals surface area (Å²) in [5.41, 5.74) is 1.74. The van der Waals surface area contributed by atoms with E-state index in [0.29, 0.717) is 12.6 Å². The Morgan fingerprint density at radius 2 is 1.92 bits per heavy atom. The van der Waals surface area contributed by atoms with E-state index in [9.17, 15) is 4.79 Å². The number of pyridine rings is 1. The molecule has 1 saturated carbocycles. The molecule has 138 valence electrons. The number of nitrogens with zero attached hydrogens (tertiary/aromatic N) is 2. The lowest BCUT2D eigenvalue weighted by molar-refractivity contribution is 0.210. The van der Waals surface area contributed by atoms with Gasteiger partial charge in [-0.1, -0.05) is 0 Å². The lowest BCUT2D eigenvalue weighted by Gasteiger charge is -2.14. The van der Waals surface area contributed by atoms with Crippen LogP contribution >= 0.6 is 0 Å². The van der Waals surface area contributed by atoms with E-state index in [1.54, 1.807) is 6.20 Å². The molecule has 1 aromatic carbocycles. The van der Waals surface area contributed by atoms with Gasteiger partial charge in [0.25, 0.3) is 0 Å². The third-order valence-electron chi connectivity index (χ3n) is 4.44. The van der Waals surface area contributed by atoms with Crippen LogP contribution in [0.15, 0.2) is 42.6 Å². The van der Waals surface area contributed by atoms with Gasteiger partial charge in [-0.25, -0.2) is 9.78 Å². The summed E-state index contributed by atoms with van der Waals surface area (Å²) in [5, 5.41) is 5.70. The Morgan fingerprint density at radius 3 is 2.62 bits per heavy atom. The lowest BCUT2D eigenvalue weighted by Crippen LogP contribution is -2.28. The molecule has 0 aliphatic heterocycles. The molecule has 2 aromatic rings. The number of aromatic nitrogens is 1. The van der Waals surface area contributed by atoms with Crippen molar-refractivity contribution in [2.24, 2.45) is 0 Å². The van der Waals surface area contributed by atoms with Gasteiger partial charge in [-0.05, 0) is 67.6 Å². The van der Waals surface area contributed by atoms with Gasteiger partial charge in [0.05, 0.1) is 6.10 Å². The minimum absolute atomic E-state index is 0.238. The number of carbonyl (C=O) groups excluding carboxylic acids is 1. The van der Waals surface area contributed by atoms with Crippen LogP contribution in [0.3, 0.4) is 0 Å². The number of rotatable bonds is 6. The summed E-state index contributed by atoms with van der Waals surface area (Å²) in [6, 6.07) is 11.1. The molecule has 2 N–H and O–H groups in total. The molecule has 0 spiro atoms. The van der Waals surface area contributed by atoms with Gasteiger partial charge in [0.1, 0.15) is 11.6 Å². The molecule has 6 heteroatoms. The first-order valence-corrected chi connectivity index (χ1v) is 9.04. The minimum Gasteiger partial charge on any atom is -0.490 e. The normalized spacial score (nSPS) is 14.1. The minimum atomic E-state index is -0.238. The van der Waals surface area contributed by atoms with Crippen molar-refractivity contribution < 1.29 is 9.53 Å². The zero-order chi connectivity index (χ0) is 18.4. The molecule has 1 fully saturated rings. The maximum Gasteiger partial charge on any atom is 0.319 e. The SMILES string of the molecule is CN(C)c1cc(CNC(=O)Nc2ccc(OC3CCCC3)cc2)ccn1. The largest absolute Gasteiger partial charge is 0.490 e. The second-order valence-corrected chi connectivity index (χ2v) is 6.77. The van der Waals surface area contributed by atoms with Crippen LogP contribution in [0.4, 0.5) is 16.3 Å². The van der Waals surface area contributed by atoms with Gasteiger partial charge >= 0.3 is 6.03 Å². The van der Waals surface area contributed by atoms with E-state index in [2.05, 4.69) is 15.6 Å². The molecule has 0 atom stereocenters. The van der Waals surface area contributed by atoms with Crippen molar-refractivity contribution in [3.8, 4) is 5.75 Å². The Balaban J connectivity index is 1.47. The predicted octanol–water partition coefficient (Wildman–Crippen LogP) is 3.79. The number of benzene rings is 1. The van der Waals surface area contributed by atoms with Crippen LogP contribution in [0.1, 0.15) is 31.2 Å². The molecule has 1 heterocycles. The first-order chi connectivity index (χ1) is 12.6. The summed E-state index contributed by atoms with van der Waals surface area (Å²) < 4.78 is 5.93. The van der Waals surface area contributed by atoms with Crippen LogP contribution in [0.5, 0.6) is 5.75 Å². The van der Waals surface area contributed by atoms with Gasteiger partial charge < -0.3 is 20.3 Å². The molecule has 0 bridgehead atoms. The molecular weight excluding hydrogens is 328 g/mol. The van der Waals surface area contributed by atoms with Crippen LogP contribution in [0.2, 0.25) is 0 Å². The zero-order valence-corrected chi connectivity index (χ0v) is 15.4. The second-order valence-electron chi connectivity index (χ2n) is 6.77. The number of hydrogen-bond donors (Lipinski definition) is 2. The number of urea groups is 1. The van der Waals surface area contributed by atoms with E-state index in [1.165, 1.54) is 12.8 Å². The number of anilines is 2. The number of hydrogen-bond acceptors (Lipinski definition) is 4. The average Bonchev–Trinajstić information content (AvgIpc) is 3.15. The molecule has 2 amide bonds. The Kier molecular flexibility index (Phi) is 5.94. The number of nitrogens with one attached hydrogen (secondary N) is 2. The Hall–Kier alpha value is -2.76. The number of carbonyl (C=O) groups is 1. The highest BCUT2D eigenvalue weighted by Gasteiger charge is 2.16. The standard InChI is InChI=1S/C20H26N4O2/c1-24(2)19-13-15(11-12-21-19)14-22-20(25)23-16-7-9-18(10-8-16)26-17-5-3-4-6-17/h7-13,17H,3-6,14H2,1-2H3,(H2,22,23,25). The van der Waals surface area contributed by atoms with Crippen molar-refractivity contribution in [1.29, 1.82) is 0 Å². The van der Waals surface area contributed by atoms with Crippen LogP contribution in [-0.2, 0) is 6.54 Å². The van der Waals surface area contributed by atoms with Crippen molar-refractivity contribution in [2.45, 2.75) is 38.3 Å². The van der Waals surface area contributed by atoms with Crippen molar-refractivity contribution in [3.63, 3.8) is 0 Å². The van der Waals surface area contributed by atoms with Crippen LogP contribution in [0.25, 0.3) is 0 Å². The molecule has 1 aliphatic rings. The molecule has 0 saturated heterocycles. The van der Waals surface area contributed by atoms with Gasteiger partial charge in [-0.2, -0.15) is 0 Å². The van der Waals surface area contributed by atoms with Gasteiger partial charge in [0, 0.05) is 32.5 Å². The number of amides is 2. The molecule has 1 aliphatic carbocycles. The van der Waals surface area contributed by atoms with Crippen LogP contribution in [-0.4, -0.2) is 31.2 Å². The molecule has 0 radical (unpaired) electrons. The average molecular weight is 354 g/mol. The molecule has 26 heavy (non-hydrogen) atoms. The maximum atomic E-state index is 12.1. The lowest BCUT2D eigenvalue weighted by atomic mass is 10.2. The van der Waals surface area contributed by atoms with Crippen LogP contribution in [0, 0.1) is 0 Å². The van der Waals surface area contributed by atoms with E-state index in [0.717, 1.165) is 35.7 Å². The maximum absolute atomic E-state index is 12.1. The Morgan fingerprint density at radius 1 is 1.19 bits per heavy atom. The van der Waals surface area contributed by atoms with E-state index in [1.807, 2.05) is 55.4 Å². The van der Waals surface area contributed by atoms with E-state index >= 15 is 0 Å². The molecule has 3 rings (SSSR count). The fraction of sp³-hybridized carbons (Fsp3) is 0.400. The third-order valence-corrected chi connectivity index (χ3v) is 4.44. The highest BCUT2D eigenvalue weighted by molar-refractivity contribution is 5.89. The zero-order valence-electron chi connectivity index (χ0n) is 15.4. The Labute approximate surface area is 154 Å². The fourth-order valence-corrected chi connectivity index (χ4v) is 2.99. The van der Waals surface area contributed by atoms with Gasteiger partial charge in [-0.3, -0.25) is 0 Å². The van der Waals surface area contributed by atoms with Crippen molar-refractivity contribution in [2.75, 3.05) is 24.3 Å². The summed E-state index contributed by atoms with van der Waals surface area (Å²) in [5.74, 6) is 1.72. The molecule has 0 unspecified atom stereocenters. The van der Waals surface area contributed by atoms with E-state index in [4.69, 9.17) is 4.74 Å². The summed E-state index contributed by atoms with van der Waals surface area (Å²) in [6.45, 7) is 0.443. The third kappa shape index (κ3) is 5.12. The molecule has 6 nitrogen and oxygen atoms in total. The first kappa shape index (κ1) is 18.0. The van der Waals surface area contributed by atoms with Gasteiger partial charge in [0.15, 0.2) is 0 Å². The monoisotopic (exact) mass is 354 g/mol. The molecule has 1 aromatic heterocycles. The van der Waals surface area contributed by atoms with E-state index < -0.39 is 0 Å². The smallest absolute Gasteiger partial charge is 0.319 e. The van der Waals surface area contributed by atoms with E-state index in [-0.39, 0.29) is 6.03 Å². The predicted molar refractivity (Wildman–Crippen MR) is 104 cm³/mol. The van der Waals surface area contributed by atoms with Crippen molar-refractivity contribution in [1.82, 2.24) is 10.3 Å². The van der Waals surface area contributed by atoms with Gasteiger partial charge in [-0.15, -0.1) is 0 Å². The highest BCUT2D eigenvalue weighted by atomic mass is 16.5. The second kappa shape index (κ2) is 8.56. The summed E-state index contributed by atoms with van der Waals surface area (Å²) in [4.78, 5) is 18.3. The summed E-state index contributed by atoms with van der Waals surface area (Å²) in [6.07, 6.45) is 6.84. The summed E-state index contributed by atoms with van der Waals surface area (Å²) >= 11 is 0. The Bertz CT molecular complexity index is 725. The fourth-order valence-electron chi connectivity index (χ4n) is 2.99. The topological polar surface area (TPSA) is 66.5 Å². The highest BCUT2D eigenvalue weighted by Crippen LogP contribution is 2.25. The van der Waals surface area contributed by atoms with Gasteiger partial charge in [0.2, 0.25) is 0 Å². The first-order valence-electron chi connectivity index (χ1n) is 9.04. The van der Waals surface area contributed by atoms with Crippen molar-refractivity contribution in [3.05, 3.63) is 48.2 Å². The van der Waals surface area contributed by atoms with Crippen molar-refractivity contribution >= 4 is 17.5 Å². The quantitative estimate of drug-likeness (QED) is 0.828. The molecular formula is C20H26N4O2. The summed E-state index contributed by atoms with van der Waals surface area (Å²) in [7, 11) is 3.87. The van der Waals surface area contributed by atoms with Crippen LogP contribution < -0.4 is 20.3 Å². The number of ether oxygens (including phenoxy) is 1.